The maximum atomic E-state index is 13.1. The largest absolute Gasteiger partial charge is 0.504 e. The molecule has 3 aliphatic heterocycles. The number of methoxy groups -OCH3 is 1. The van der Waals surface area contributed by atoms with Crippen molar-refractivity contribution in [1.29, 1.82) is 0 Å². The number of pyridine rings is 1. The summed E-state index contributed by atoms with van der Waals surface area (Å²) in [4.78, 5) is 32.6. The van der Waals surface area contributed by atoms with E-state index in [0.717, 1.165) is 48.2 Å². The molecule has 0 radical (unpaired) electrons. The highest BCUT2D eigenvalue weighted by atomic mass is 33.1. The van der Waals surface area contributed by atoms with Crippen LogP contribution in [0.4, 0.5) is 5.82 Å². The van der Waals surface area contributed by atoms with Gasteiger partial charge in [-0.05, 0) is 84.1 Å². The molecule has 8 nitrogen and oxygen atoms in total. The van der Waals surface area contributed by atoms with Gasteiger partial charge >= 0.3 is 0 Å². The maximum absolute atomic E-state index is 13.1. The van der Waals surface area contributed by atoms with Crippen LogP contribution in [-0.4, -0.2) is 46.2 Å². The third kappa shape index (κ3) is 6.15. The fourth-order valence-corrected chi connectivity index (χ4v) is 14.2. The molecule has 0 amide bonds. The molecule has 4 bridgehead atoms. The van der Waals surface area contributed by atoms with Crippen LogP contribution < -0.4 is 20.7 Å². The summed E-state index contributed by atoms with van der Waals surface area (Å²) >= 11 is 0. The number of ether oxygens (including phenoxy) is 1. The zero-order valence-corrected chi connectivity index (χ0v) is 31.2. The summed E-state index contributed by atoms with van der Waals surface area (Å²) in [5.74, 6) is 1.02. The normalized spacial score (nSPS) is 32.5. The molecule has 5 N–H and O–H groups in total. The summed E-state index contributed by atoms with van der Waals surface area (Å²) < 4.78 is 5.51. The fraction of sp³-hybridized carbons (Fsp3) is 0.488. The van der Waals surface area contributed by atoms with E-state index in [0.29, 0.717) is 29.3 Å². The topological polar surface area (TPSA) is 119 Å². The summed E-state index contributed by atoms with van der Waals surface area (Å²) in [6.45, 7) is 3.06. The number of ketones is 2. The van der Waals surface area contributed by atoms with E-state index in [1.165, 1.54) is 55.9 Å². The molecule has 1 aromatic carbocycles. The van der Waals surface area contributed by atoms with E-state index in [-0.39, 0.29) is 51.6 Å². The molecule has 7 atom stereocenters. The number of phenolic OH excluding ortho intramolecular Hbond substituents is 1. The molecule has 0 saturated heterocycles. The van der Waals surface area contributed by atoms with Gasteiger partial charge in [0.1, 0.15) is 22.8 Å². The van der Waals surface area contributed by atoms with Crippen LogP contribution in [0.25, 0.3) is 6.08 Å². The Morgan fingerprint density at radius 1 is 1.08 bits per heavy atom. The molecule has 4 heterocycles. The second-order valence-corrected chi connectivity index (χ2v) is 18.1. The Bertz CT molecular complexity index is 1850. The van der Waals surface area contributed by atoms with E-state index < -0.39 is 0 Å². The Hall–Kier alpha value is -3.47. The van der Waals surface area contributed by atoms with E-state index in [1.807, 2.05) is 27.8 Å². The number of carbonyl (C=O) groups excluding carboxylic acids is 2. The smallest absolute Gasteiger partial charge is 0.163 e. The Morgan fingerprint density at radius 2 is 1.92 bits per heavy atom. The van der Waals surface area contributed by atoms with Crippen LogP contribution in [-0.2, 0) is 9.59 Å². The Labute approximate surface area is 308 Å². The molecule has 2 aromatic rings. The number of aromatic nitrogens is 1. The third-order valence-electron chi connectivity index (χ3n) is 12.8. The van der Waals surface area contributed by atoms with Crippen molar-refractivity contribution in [3.8, 4) is 11.5 Å². The fourth-order valence-electron chi connectivity index (χ4n) is 10.2. The van der Waals surface area contributed by atoms with E-state index in [4.69, 9.17) is 15.5 Å². The number of aromatic hydroxyl groups is 1. The molecular weight excluding hydrogens is 677 g/mol. The minimum absolute atomic E-state index is 0.0252. The van der Waals surface area contributed by atoms with Crippen molar-refractivity contribution in [3.05, 3.63) is 88.9 Å². The first-order chi connectivity index (χ1) is 24.7. The quantitative estimate of drug-likeness (QED) is 0.154. The van der Waals surface area contributed by atoms with E-state index >= 15 is 0 Å². The second-order valence-electron chi connectivity index (χ2n) is 15.6. The van der Waals surface area contributed by atoms with Crippen LogP contribution in [0.1, 0.15) is 105 Å². The zero-order chi connectivity index (χ0) is 35.3. The number of nitrogens with one attached hydrogen (secondary N) is 2. The number of carbonyl (C=O) groups is 2. The SMILES string of the molecule is CCC1CCC(=O)CC(=O)C=Cc2cc(OC)c(O)cc2C2C=CC1SSC(C13CC4(CCCC4)CC1C=CC1=CNC[NH+]13)c1cc2cnc1N. The first-order valence-corrected chi connectivity index (χ1v) is 20.9. The van der Waals surface area contributed by atoms with Gasteiger partial charge in [0.2, 0.25) is 0 Å². The number of nitrogens with two attached hydrogens (primary N) is 1. The Kier molecular flexibility index (Phi) is 9.38. The van der Waals surface area contributed by atoms with E-state index in [2.05, 4.69) is 48.8 Å². The van der Waals surface area contributed by atoms with Gasteiger partial charge in [-0.15, -0.1) is 0 Å². The van der Waals surface area contributed by atoms with Crippen molar-refractivity contribution in [1.82, 2.24) is 10.3 Å². The summed E-state index contributed by atoms with van der Waals surface area (Å²) in [5.41, 5.74) is 12.2. The average molecular weight is 726 g/mol. The number of allylic oxidation sites excluding steroid dienone is 3. The van der Waals surface area contributed by atoms with Gasteiger partial charge in [-0.3, -0.25) is 14.5 Å². The van der Waals surface area contributed by atoms with Crippen molar-refractivity contribution < 1.29 is 24.3 Å². The monoisotopic (exact) mass is 725 g/mol. The molecule has 2 fully saturated rings. The number of rotatable bonds is 3. The van der Waals surface area contributed by atoms with Crippen LogP contribution >= 0.6 is 21.6 Å². The summed E-state index contributed by atoms with van der Waals surface area (Å²) in [6.07, 6.45) is 26.2. The summed E-state index contributed by atoms with van der Waals surface area (Å²) in [6, 6.07) is 5.81. The molecule has 7 unspecified atom stereocenters. The van der Waals surface area contributed by atoms with Gasteiger partial charge in [0.25, 0.3) is 0 Å². The predicted molar refractivity (Wildman–Crippen MR) is 205 cm³/mol. The van der Waals surface area contributed by atoms with Gasteiger partial charge < -0.3 is 20.9 Å². The molecule has 3 aliphatic carbocycles. The zero-order valence-electron chi connectivity index (χ0n) is 29.5. The van der Waals surface area contributed by atoms with Crippen molar-refractivity contribution in [3.63, 3.8) is 0 Å². The van der Waals surface area contributed by atoms with Gasteiger partial charge in [-0.1, -0.05) is 72.1 Å². The lowest BCUT2D eigenvalue weighted by Gasteiger charge is -2.47. The number of Topliss-reactive ketones (excluding diaryl/α,β-unsaturated/α-hetero) is 1. The number of quaternary nitrogens is 1. The third-order valence-corrected chi connectivity index (χ3v) is 16.1. The highest BCUT2D eigenvalue weighted by Gasteiger charge is 2.66. The lowest BCUT2D eigenvalue weighted by Crippen LogP contribution is -3.20. The Morgan fingerprint density at radius 3 is 2.73 bits per heavy atom. The lowest BCUT2D eigenvalue weighted by molar-refractivity contribution is -0.915. The molecule has 10 heteroatoms. The van der Waals surface area contributed by atoms with Gasteiger partial charge in [-0.2, -0.15) is 0 Å². The first kappa shape index (κ1) is 34.6. The molecule has 1 spiro atoms. The van der Waals surface area contributed by atoms with E-state index in [9.17, 15) is 14.7 Å². The summed E-state index contributed by atoms with van der Waals surface area (Å²) in [7, 11) is 5.41. The molecule has 51 heavy (non-hydrogen) atoms. The Balaban J connectivity index is 1.34. The molecular formula is C41H49N4O4S2+. The minimum atomic E-state index is -0.280. The first-order valence-electron chi connectivity index (χ1n) is 18.6. The van der Waals surface area contributed by atoms with Crippen molar-refractivity contribution >= 4 is 45.0 Å². The highest BCUT2D eigenvalue weighted by molar-refractivity contribution is 8.77. The predicted octanol–water partition coefficient (Wildman–Crippen LogP) is 6.80. The minimum Gasteiger partial charge on any atom is -0.504 e. The molecule has 1 aromatic heterocycles. The number of anilines is 1. The number of hydrogen-bond acceptors (Lipinski definition) is 9. The molecule has 2 saturated carbocycles. The number of hydrogen-bond donors (Lipinski definition) is 4. The lowest BCUT2D eigenvalue weighted by atomic mass is 9.75. The van der Waals surface area contributed by atoms with Gasteiger partial charge in [0.15, 0.2) is 24.0 Å². The van der Waals surface area contributed by atoms with Crippen LogP contribution in [0.2, 0.25) is 0 Å². The van der Waals surface area contributed by atoms with Crippen LogP contribution in [0, 0.1) is 17.3 Å². The number of benzene rings is 1. The van der Waals surface area contributed by atoms with Crippen LogP contribution in [0.3, 0.4) is 0 Å². The highest BCUT2D eigenvalue weighted by Crippen LogP contribution is 2.64. The van der Waals surface area contributed by atoms with Crippen LogP contribution in [0.15, 0.2) is 66.7 Å². The maximum Gasteiger partial charge on any atom is 0.163 e. The van der Waals surface area contributed by atoms with Crippen LogP contribution in [0.5, 0.6) is 11.5 Å². The second kappa shape index (κ2) is 13.8. The molecule has 8 rings (SSSR count). The number of phenols is 1. The molecule has 268 valence electrons. The number of nitrogen functional groups attached to an aromatic ring is 1. The van der Waals surface area contributed by atoms with Gasteiger partial charge in [0, 0.05) is 41.7 Å². The standard InChI is InChI=1S/C41H48N4O4S2/c1-3-25-6-10-30(46)18-31(47)11-7-26-17-36(49-2)35(48)19-33(26)32-12-13-37(25)50-51-38(34-16-27(32)21-44-39(34)42)41-23-40(14-4-5-15-40)20-28(41)8-9-29-22-43-24-45(29)41/h7-9,11-13,16-17,19,21-22,25,28,32,37-38,43,48H,3-6,10,14-15,18,20,23-24H2,1-2H3,(H2,42,44)/p+1. The summed E-state index contributed by atoms with van der Waals surface area (Å²) in [5, 5.41) is 14.9. The van der Waals surface area contributed by atoms with Crippen molar-refractivity contribution in [2.24, 2.45) is 17.3 Å². The number of fused-ring (bicyclic) bond motifs is 10. The van der Waals surface area contributed by atoms with E-state index in [1.54, 1.807) is 18.2 Å². The average Bonchev–Trinajstić information content (AvgIpc) is 3.87. The molecule has 6 aliphatic rings. The van der Waals surface area contributed by atoms with Gasteiger partial charge in [-0.25, -0.2) is 4.98 Å². The number of nitrogens with zero attached hydrogens (tertiary/aromatic N) is 1. The van der Waals surface area contributed by atoms with Crippen molar-refractivity contribution in [2.45, 2.75) is 93.1 Å². The van der Waals surface area contributed by atoms with Gasteiger partial charge in [0.05, 0.1) is 25.0 Å². The van der Waals surface area contributed by atoms with Crippen molar-refractivity contribution in [2.75, 3.05) is 19.5 Å².